The van der Waals surface area contributed by atoms with Crippen molar-refractivity contribution in [2.24, 2.45) is 0 Å². The highest BCUT2D eigenvalue weighted by Gasteiger charge is 2.20. The second-order valence-corrected chi connectivity index (χ2v) is 6.80. The zero-order chi connectivity index (χ0) is 20.7. The Morgan fingerprint density at radius 3 is 2.32 bits per heavy atom. The van der Waals surface area contributed by atoms with Gasteiger partial charge in [-0.15, -0.1) is 0 Å². The van der Waals surface area contributed by atoms with E-state index in [-0.39, 0.29) is 18.2 Å². The van der Waals surface area contributed by atoms with Crippen LogP contribution in [0, 0.1) is 6.92 Å². The molecular weight excluding hydrogens is 356 g/mol. The zero-order valence-electron chi connectivity index (χ0n) is 17.1. The van der Waals surface area contributed by atoms with Crippen LogP contribution in [0.5, 0.6) is 11.5 Å². The lowest BCUT2D eigenvalue weighted by Gasteiger charge is -2.23. The minimum Gasteiger partial charge on any atom is -0.497 e. The van der Waals surface area contributed by atoms with Gasteiger partial charge in [-0.3, -0.25) is 9.59 Å². The minimum atomic E-state index is -0.405. The zero-order valence-corrected chi connectivity index (χ0v) is 17.1. The molecule has 0 heterocycles. The van der Waals surface area contributed by atoms with Gasteiger partial charge in [0.1, 0.15) is 11.5 Å². The number of rotatable bonds is 8. The molecular formula is C22H28N2O4. The Kier molecular flexibility index (Phi) is 7.44. The van der Waals surface area contributed by atoms with Crippen LogP contribution in [0.25, 0.3) is 0 Å². The summed E-state index contributed by atoms with van der Waals surface area (Å²) in [7, 11) is 4.97. The van der Waals surface area contributed by atoms with Crippen LogP contribution < -0.4 is 14.8 Å². The summed E-state index contributed by atoms with van der Waals surface area (Å²) >= 11 is 0. The quantitative estimate of drug-likeness (QED) is 0.759. The average Bonchev–Trinajstić information content (AvgIpc) is 2.67. The third kappa shape index (κ3) is 5.74. The number of amides is 2. The van der Waals surface area contributed by atoms with Gasteiger partial charge in [0.2, 0.25) is 11.8 Å². The van der Waals surface area contributed by atoms with Gasteiger partial charge in [0, 0.05) is 26.1 Å². The van der Waals surface area contributed by atoms with Gasteiger partial charge in [0.25, 0.3) is 0 Å². The molecule has 2 rings (SSSR count). The maximum atomic E-state index is 12.8. The van der Waals surface area contributed by atoms with Crippen molar-refractivity contribution in [2.45, 2.75) is 32.9 Å². The van der Waals surface area contributed by atoms with E-state index >= 15 is 0 Å². The predicted molar refractivity (Wildman–Crippen MR) is 108 cm³/mol. The lowest BCUT2D eigenvalue weighted by atomic mass is 10.0. The molecule has 0 aliphatic carbocycles. The SMILES string of the molecule is COc1ccc([C@H](CC(=O)N(C)Cc2cc(C)ccc2OC)NC(C)=O)cc1. The van der Waals surface area contributed by atoms with Gasteiger partial charge < -0.3 is 19.7 Å². The molecule has 0 radical (unpaired) electrons. The molecule has 0 aromatic heterocycles. The Hall–Kier alpha value is -3.02. The number of hydrogen-bond acceptors (Lipinski definition) is 4. The van der Waals surface area contributed by atoms with Crippen molar-refractivity contribution in [1.82, 2.24) is 10.2 Å². The molecule has 0 fully saturated rings. The van der Waals surface area contributed by atoms with E-state index in [0.29, 0.717) is 6.54 Å². The van der Waals surface area contributed by atoms with Crippen molar-refractivity contribution in [3.05, 3.63) is 59.2 Å². The fourth-order valence-corrected chi connectivity index (χ4v) is 3.04. The summed E-state index contributed by atoms with van der Waals surface area (Å²) in [6.07, 6.45) is 0.163. The number of benzene rings is 2. The fraction of sp³-hybridized carbons (Fsp3) is 0.364. The molecule has 2 amide bonds. The van der Waals surface area contributed by atoms with Gasteiger partial charge in [0.05, 0.1) is 26.7 Å². The normalized spacial score (nSPS) is 11.5. The number of hydrogen-bond donors (Lipinski definition) is 1. The second-order valence-electron chi connectivity index (χ2n) is 6.80. The van der Waals surface area contributed by atoms with Crippen LogP contribution in [0.3, 0.4) is 0 Å². The van der Waals surface area contributed by atoms with E-state index in [1.807, 2.05) is 49.4 Å². The van der Waals surface area contributed by atoms with Crippen molar-refractivity contribution in [1.29, 1.82) is 0 Å². The number of carbonyl (C=O) groups excluding carboxylic acids is 2. The highest BCUT2D eigenvalue weighted by Crippen LogP contribution is 2.24. The number of ether oxygens (including phenoxy) is 2. The summed E-state index contributed by atoms with van der Waals surface area (Å²) in [6, 6.07) is 12.8. The smallest absolute Gasteiger partial charge is 0.225 e. The summed E-state index contributed by atoms with van der Waals surface area (Å²) in [5.74, 6) is 1.22. The summed E-state index contributed by atoms with van der Waals surface area (Å²) in [4.78, 5) is 26.1. The summed E-state index contributed by atoms with van der Waals surface area (Å²) in [6.45, 7) is 3.88. The Bertz CT molecular complexity index is 818. The molecule has 0 saturated carbocycles. The van der Waals surface area contributed by atoms with E-state index in [1.54, 1.807) is 26.2 Å². The van der Waals surface area contributed by atoms with E-state index in [0.717, 1.165) is 28.2 Å². The molecule has 6 heteroatoms. The molecule has 6 nitrogen and oxygen atoms in total. The van der Waals surface area contributed by atoms with Crippen molar-refractivity contribution in [2.75, 3.05) is 21.3 Å². The monoisotopic (exact) mass is 384 g/mol. The van der Waals surface area contributed by atoms with Crippen LogP contribution in [-0.2, 0) is 16.1 Å². The van der Waals surface area contributed by atoms with Crippen LogP contribution in [0.15, 0.2) is 42.5 Å². The third-order valence-electron chi connectivity index (χ3n) is 4.54. The largest absolute Gasteiger partial charge is 0.497 e. The van der Waals surface area contributed by atoms with Gasteiger partial charge in [-0.05, 0) is 30.7 Å². The number of methoxy groups -OCH3 is 2. The first-order valence-electron chi connectivity index (χ1n) is 9.12. The molecule has 28 heavy (non-hydrogen) atoms. The number of aryl methyl sites for hydroxylation is 1. The highest BCUT2D eigenvalue weighted by atomic mass is 16.5. The van der Waals surface area contributed by atoms with Crippen LogP contribution in [0.1, 0.15) is 36.1 Å². The van der Waals surface area contributed by atoms with E-state index in [2.05, 4.69) is 5.32 Å². The first kappa shape index (κ1) is 21.3. The van der Waals surface area contributed by atoms with Crippen molar-refractivity contribution in [3.63, 3.8) is 0 Å². The van der Waals surface area contributed by atoms with Gasteiger partial charge in [-0.2, -0.15) is 0 Å². The fourth-order valence-electron chi connectivity index (χ4n) is 3.04. The summed E-state index contributed by atoms with van der Waals surface area (Å²) in [5, 5.41) is 2.86. The summed E-state index contributed by atoms with van der Waals surface area (Å²) in [5.41, 5.74) is 2.90. The van der Waals surface area contributed by atoms with Crippen LogP contribution in [-0.4, -0.2) is 38.0 Å². The lowest BCUT2D eigenvalue weighted by Crippen LogP contribution is -2.33. The molecule has 1 atom stereocenters. The van der Waals surface area contributed by atoms with Crippen molar-refractivity contribution >= 4 is 11.8 Å². The van der Waals surface area contributed by atoms with Gasteiger partial charge in [-0.1, -0.05) is 29.8 Å². The van der Waals surface area contributed by atoms with Crippen LogP contribution in [0.4, 0.5) is 0 Å². The standard InChI is InChI=1S/C22H28N2O4/c1-15-6-11-21(28-5)18(12-15)14-24(3)22(26)13-20(23-16(2)25)17-7-9-19(27-4)10-8-17/h6-12,20H,13-14H2,1-5H3,(H,23,25)/t20-/m0/s1. The van der Waals surface area contributed by atoms with Crippen molar-refractivity contribution < 1.29 is 19.1 Å². The van der Waals surface area contributed by atoms with E-state index in [9.17, 15) is 9.59 Å². The average molecular weight is 384 g/mol. The Morgan fingerprint density at radius 1 is 1.07 bits per heavy atom. The highest BCUT2D eigenvalue weighted by molar-refractivity contribution is 5.79. The molecule has 0 bridgehead atoms. The Morgan fingerprint density at radius 2 is 1.75 bits per heavy atom. The first-order valence-corrected chi connectivity index (χ1v) is 9.12. The minimum absolute atomic E-state index is 0.0712. The number of nitrogens with zero attached hydrogens (tertiary/aromatic N) is 1. The maximum Gasteiger partial charge on any atom is 0.225 e. The molecule has 0 aliphatic rings. The van der Waals surface area contributed by atoms with Gasteiger partial charge >= 0.3 is 0 Å². The molecule has 0 saturated heterocycles. The molecule has 2 aromatic carbocycles. The topological polar surface area (TPSA) is 67.9 Å². The predicted octanol–water partition coefficient (Wildman–Crippen LogP) is 3.24. The number of nitrogens with one attached hydrogen (secondary N) is 1. The Balaban J connectivity index is 2.13. The summed E-state index contributed by atoms with van der Waals surface area (Å²) < 4.78 is 10.6. The van der Waals surface area contributed by atoms with Crippen molar-refractivity contribution in [3.8, 4) is 11.5 Å². The first-order chi connectivity index (χ1) is 13.3. The van der Waals surface area contributed by atoms with E-state index in [1.165, 1.54) is 6.92 Å². The third-order valence-corrected chi connectivity index (χ3v) is 4.54. The van der Waals surface area contributed by atoms with Gasteiger partial charge in [-0.25, -0.2) is 0 Å². The molecule has 1 N–H and O–H groups in total. The number of carbonyl (C=O) groups is 2. The lowest BCUT2D eigenvalue weighted by molar-refractivity contribution is -0.131. The molecule has 150 valence electrons. The Labute approximate surface area is 166 Å². The van der Waals surface area contributed by atoms with Crippen LogP contribution >= 0.6 is 0 Å². The van der Waals surface area contributed by atoms with E-state index in [4.69, 9.17) is 9.47 Å². The maximum absolute atomic E-state index is 12.8. The molecule has 0 unspecified atom stereocenters. The van der Waals surface area contributed by atoms with E-state index < -0.39 is 6.04 Å². The second kappa shape index (κ2) is 9.78. The van der Waals surface area contributed by atoms with Crippen LogP contribution in [0.2, 0.25) is 0 Å². The molecule has 2 aromatic rings. The molecule has 0 spiro atoms. The molecule has 0 aliphatic heterocycles. The van der Waals surface area contributed by atoms with Gasteiger partial charge in [0.15, 0.2) is 0 Å².